The molecule has 130 valence electrons. The highest BCUT2D eigenvalue weighted by Gasteiger charge is 2.11. The van der Waals surface area contributed by atoms with Crippen molar-refractivity contribution < 1.29 is 9.53 Å². The van der Waals surface area contributed by atoms with Crippen LogP contribution >= 0.6 is 27.3 Å². The molecule has 6 heteroatoms. The van der Waals surface area contributed by atoms with Crippen molar-refractivity contribution in [3.63, 3.8) is 0 Å². The normalized spacial score (nSPS) is 10.9. The molecule has 4 nitrogen and oxygen atoms in total. The number of anilines is 1. The fourth-order valence-electron chi connectivity index (χ4n) is 2.46. The Bertz CT molecular complexity index is 937. The van der Waals surface area contributed by atoms with Gasteiger partial charge < -0.3 is 4.74 Å². The first kappa shape index (κ1) is 17.9. The number of ether oxygens (including phenoxy) is 1. The van der Waals surface area contributed by atoms with Gasteiger partial charge >= 0.3 is 0 Å². The molecule has 0 radical (unpaired) electrons. The minimum Gasteiger partial charge on any atom is -0.483 e. The second-order valence-electron chi connectivity index (χ2n) is 5.83. The molecule has 1 N–H and O–H groups in total. The van der Waals surface area contributed by atoms with Crippen LogP contribution in [-0.2, 0) is 11.2 Å². The Kier molecular flexibility index (Phi) is 5.39. The molecule has 25 heavy (non-hydrogen) atoms. The summed E-state index contributed by atoms with van der Waals surface area (Å²) >= 11 is 4.95. The van der Waals surface area contributed by atoms with E-state index in [0.717, 1.165) is 26.7 Å². The molecule has 0 fully saturated rings. The van der Waals surface area contributed by atoms with E-state index in [1.807, 2.05) is 31.2 Å². The van der Waals surface area contributed by atoms with Crippen molar-refractivity contribution in [2.24, 2.45) is 0 Å². The highest BCUT2D eigenvalue weighted by molar-refractivity contribution is 9.10. The van der Waals surface area contributed by atoms with Gasteiger partial charge in [-0.3, -0.25) is 10.1 Å². The number of amides is 1. The molecule has 3 rings (SSSR count). The van der Waals surface area contributed by atoms with E-state index in [1.54, 1.807) is 0 Å². The van der Waals surface area contributed by atoms with E-state index in [2.05, 4.69) is 46.1 Å². The molecule has 2 aromatic carbocycles. The maximum absolute atomic E-state index is 12.2. The molecule has 1 heterocycles. The number of benzene rings is 2. The van der Waals surface area contributed by atoms with Gasteiger partial charge in [-0.1, -0.05) is 30.4 Å². The number of nitrogens with zero attached hydrogens (tertiary/aromatic N) is 1. The standard InChI is InChI=1S/C19H19BrN2O2S/c1-4-13-6-7-15(14(20)9-13)24-10-17(23)21-19-22-18-12(3)11(2)5-8-16(18)25-19/h5-9H,4,10H2,1-3H3,(H,21,22,23). The second kappa shape index (κ2) is 7.54. The average molecular weight is 419 g/mol. The lowest BCUT2D eigenvalue weighted by atomic mass is 10.1. The highest BCUT2D eigenvalue weighted by atomic mass is 79.9. The Morgan fingerprint density at radius 2 is 2.08 bits per heavy atom. The van der Waals surface area contributed by atoms with Gasteiger partial charge in [-0.2, -0.15) is 0 Å². The highest BCUT2D eigenvalue weighted by Crippen LogP contribution is 2.30. The Balaban J connectivity index is 1.66. The Morgan fingerprint density at radius 1 is 1.28 bits per heavy atom. The van der Waals surface area contributed by atoms with Crippen molar-refractivity contribution in [1.29, 1.82) is 0 Å². The maximum Gasteiger partial charge on any atom is 0.264 e. The summed E-state index contributed by atoms with van der Waals surface area (Å²) in [5.74, 6) is 0.433. The van der Waals surface area contributed by atoms with Gasteiger partial charge in [0.05, 0.1) is 14.7 Å². The largest absolute Gasteiger partial charge is 0.483 e. The SMILES string of the molecule is CCc1ccc(OCC(=O)Nc2nc3c(C)c(C)ccc3s2)c(Br)c1. The van der Waals surface area contributed by atoms with Crippen LogP contribution in [0.25, 0.3) is 10.2 Å². The zero-order chi connectivity index (χ0) is 18.0. The molecule has 0 aliphatic rings. The van der Waals surface area contributed by atoms with Gasteiger partial charge in [0, 0.05) is 0 Å². The number of thiazole rings is 1. The van der Waals surface area contributed by atoms with Crippen molar-refractivity contribution in [2.45, 2.75) is 27.2 Å². The Labute approximate surface area is 159 Å². The van der Waals surface area contributed by atoms with E-state index in [4.69, 9.17) is 4.74 Å². The molecule has 1 aromatic heterocycles. The smallest absolute Gasteiger partial charge is 0.264 e. The molecule has 0 saturated heterocycles. The van der Waals surface area contributed by atoms with Gasteiger partial charge in [0.15, 0.2) is 11.7 Å². The lowest BCUT2D eigenvalue weighted by Gasteiger charge is -2.08. The van der Waals surface area contributed by atoms with Gasteiger partial charge in [-0.25, -0.2) is 4.98 Å². The fraction of sp³-hybridized carbons (Fsp3) is 0.263. The number of halogens is 1. The zero-order valence-electron chi connectivity index (χ0n) is 14.4. The van der Waals surface area contributed by atoms with Crippen LogP contribution in [0, 0.1) is 13.8 Å². The molecule has 0 bridgehead atoms. The number of carbonyl (C=O) groups is 1. The third kappa shape index (κ3) is 4.02. The predicted molar refractivity (Wildman–Crippen MR) is 107 cm³/mol. The van der Waals surface area contributed by atoms with Crippen LogP contribution in [0.2, 0.25) is 0 Å². The van der Waals surface area contributed by atoms with Crippen molar-refractivity contribution in [3.05, 3.63) is 51.5 Å². The van der Waals surface area contributed by atoms with Crippen LogP contribution in [0.1, 0.15) is 23.6 Å². The number of hydrogen-bond acceptors (Lipinski definition) is 4. The summed E-state index contributed by atoms with van der Waals surface area (Å²) in [6.07, 6.45) is 0.954. The monoisotopic (exact) mass is 418 g/mol. The number of hydrogen-bond donors (Lipinski definition) is 1. The average Bonchev–Trinajstić information content (AvgIpc) is 3.00. The Morgan fingerprint density at radius 3 is 2.80 bits per heavy atom. The van der Waals surface area contributed by atoms with E-state index in [-0.39, 0.29) is 12.5 Å². The van der Waals surface area contributed by atoms with E-state index in [9.17, 15) is 4.79 Å². The first-order valence-corrected chi connectivity index (χ1v) is 9.66. The van der Waals surface area contributed by atoms with Crippen LogP contribution in [-0.4, -0.2) is 17.5 Å². The number of nitrogens with one attached hydrogen (secondary N) is 1. The van der Waals surface area contributed by atoms with Crippen LogP contribution in [0.4, 0.5) is 5.13 Å². The summed E-state index contributed by atoms with van der Waals surface area (Å²) in [5.41, 5.74) is 4.49. The minimum absolute atomic E-state index is 0.0575. The van der Waals surface area contributed by atoms with Gasteiger partial charge in [-0.05, 0) is 71.1 Å². The fourth-order valence-corrected chi connectivity index (χ4v) is 3.94. The number of aryl methyl sites for hydroxylation is 3. The predicted octanol–water partition coefficient (Wildman–Crippen LogP) is 5.26. The summed E-state index contributed by atoms with van der Waals surface area (Å²) in [4.78, 5) is 16.7. The quantitative estimate of drug-likeness (QED) is 0.614. The van der Waals surface area contributed by atoms with Crippen molar-refractivity contribution >= 4 is 48.5 Å². The first-order chi connectivity index (χ1) is 12.0. The van der Waals surface area contributed by atoms with Crippen molar-refractivity contribution in [1.82, 2.24) is 4.98 Å². The van der Waals surface area contributed by atoms with Crippen LogP contribution < -0.4 is 10.1 Å². The summed E-state index contributed by atoms with van der Waals surface area (Å²) in [6, 6.07) is 9.98. The summed E-state index contributed by atoms with van der Waals surface area (Å²) in [6.45, 7) is 6.14. The number of aromatic nitrogens is 1. The zero-order valence-corrected chi connectivity index (χ0v) is 16.8. The minimum atomic E-state index is -0.222. The van der Waals surface area contributed by atoms with Gasteiger partial charge in [0.1, 0.15) is 5.75 Å². The van der Waals surface area contributed by atoms with Crippen molar-refractivity contribution in [3.8, 4) is 5.75 Å². The van der Waals surface area contributed by atoms with Crippen molar-refractivity contribution in [2.75, 3.05) is 11.9 Å². The molecule has 0 atom stereocenters. The van der Waals surface area contributed by atoms with E-state index < -0.39 is 0 Å². The molecule has 0 spiro atoms. The molecule has 0 unspecified atom stereocenters. The molecule has 1 amide bonds. The van der Waals surface area contributed by atoms with Crippen LogP contribution in [0.3, 0.4) is 0 Å². The van der Waals surface area contributed by atoms with Gasteiger partial charge in [-0.15, -0.1) is 0 Å². The summed E-state index contributed by atoms with van der Waals surface area (Å²) in [7, 11) is 0. The van der Waals surface area contributed by atoms with Gasteiger partial charge in [0.2, 0.25) is 0 Å². The molecule has 0 aliphatic carbocycles. The molecule has 0 saturated carbocycles. The lowest BCUT2D eigenvalue weighted by molar-refractivity contribution is -0.118. The number of rotatable bonds is 5. The van der Waals surface area contributed by atoms with Gasteiger partial charge in [0.25, 0.3) is 5.91 Å². The number of fused-ring (bicyclic) bond motifs is 1. The third-order valence-corrected chi connectivity index (χ3v) is 5.65. The van der Waals surface area contributed by atoms with Crippen LogP contribution in [0.15, 0.2) is 34.8 Å². The molecule has 3 aromatic rings. The molecule has 0 aliphatic heterocycles. The molecular weight excluding hydrogens is 400 g/mol. The lowest BCUT2D eigenvalue weighted by Crippen LogP contribution is -2.20. The first-order valence-electron chi connectivity index (χ1n) is 8.05. The Hall–Kier alpha value is -1.92. The van der Waals surface area contributed by atoms with E-state index in [0.29, 0.717) is 10.9 Å². The number of carbonyl (C=O) groups excluding carboxylic acids is 1. The topological polar surface area (TPSA) is 51.2 Å². The van der Waals surface area contributed by atoms with E-state index >= 15 is 0 Å². The summed E-state index contributed by atoms with van der Waals surface area (Å²) < 4.78 is 7.52. The van der Waals surface area contributed by atoms with E-state index in [1.165, 1.54) is 22.5 Å². The second-order valence-corrected chi connectivity index (χ2v) is 7.71. The maximum atomic E-state index is 12.2. The summed E-state index contributed by atoms with van der Waals surface area (Å²) in [5, 5.41) is 3.41. The third-order valence-electron chi connectivity index (χ3n) is 4.09. The van der Waals surface area contributed by atoms with Crippen LogP contribution in [0.5, 0.6) is 5.75 Å². The molecular formula is C19H19BrN2O2S.